The van der Waals surface area contributed by atoms with Crippen LogP contribution in [0.5, 0.6) is 0 Å². The molecule has 0 saturated heterocycles. The molecule has 0 amide bonds. The lowest BCUT2D eigenvalue weighted by Gasteiger charge is -2.47. The van der Waals surface area contributed by atoms with Crippen molar-refractivity contribution in [3.8, 4) is 0 Å². The molecule has 0 aliphatic heterocycles. The van der Waals surface area contributed by atoms with E-state index in [0.29, 0.717) is 0 Å². The number of halogens is 3. The summed E-state index contributed by atoms with van der Waals surface area (Å²) in [6, 6.07) is 0. The molecule has 0 saturated carbocycles. The summed E-state index contributed by atoms with van der Waals surface area (Å²) in [4.78, 5) is 0. The van der Waals surface area contributed by atoms with Gasteiger partial charge in [0.25, 0.3) is 0 Å². The molecule has 0 radical (unpaired) electrons. The standard InChI is InChI=1S/C9H24N3OP.3ClH/c1-7(2,10)14(13,8(3,4)11)9(5,6)12;;;/h10-12H2,1-6H3;3*1H. The topological polar surface area (TPSA) is 95.1 Å². The zero-order valence-corrected chi connectivity index (χ0v) is 14.7. The Kier molecular flexibility index (Phi) is 10.8. The van der Waals surface area contributed by atoms with E-state index in [1.165, 1.54) is 0 Å². The molecule has 0 unspecified atom stereocenters. The third-order valence-electron chi connectivity index (χ3n) is 2.43. The molecule has 0 bridgehead atoms. The molecular weight excluding hydrogens is 303 g/mol. The third-order valence-corrected chi connectivity index (χ3v) is 7.30. The summed E-state index contributed by atoms with van der Waals surface area (Å²) in [5.74, 6) is 0. The molecule has 4 nitrogen and oxygen atoms in total. The highest BCUT2D eigenvalue weighted by molar-refractivity contribution is 7.68. The van der Waals surface area contributed by atoms with Crippen LogP contribution in [0.4, 0.5) is 0 Å². The lowest BCUT2D eigenvalue weighted by atomic mass is 10.4. The van der Waals surface area contributed by atoms with Gasteiger partial charge in [-0.2, -0.15) is 0 Å². The Morgan fingerprint density at radius 1 is 0.647 bits per heavy atom. The van der Waals surface area contributed by atoms with Crippen LogP contribution in [0.3, 0.4) is 0 Å². The molecule has 0 aromatic carbocycles. The normalized spacial score (nSPS) is 13.0. The van der Waals surface area contributed by atoms with Gasteiger partial charge in [-0.25, -0.2) is 0 Å². The van der Waals surface area contributed by atoms with E-state index in [1.807, 2.05) is 0 Å². The van der Waals surface area contributed by atoms with Gasteiger partial charge in [0, 0.05) is 0 Å². The van der Waals surface area contributed by atoms with Crippen molar-refractivity contribution in [3.63, 3.8) is 0 Å². The van der Waals surface area contributed by atoms with Gasteiger partial charge in [0.1, 0.15) is 7.14 Å². The second kappa shape index (κ2) is 6.95. The van der Waals surface area contributed by atoms with E-state index < -0.39 is 23.0 Å². The van der Waals surface area contributed by atoms with Crippen LogP contribution in [0.1, 0.15) is 41.5 Å². The lowest BCUT2D eigenvalue weighted by Crippen LogP contribution is -2.54. The van der Waals surface area contributed by atoms with Crippen molar-refractivity contribution >= 4 is 44.4 Å². The first-order chi connectivity index (χ1) is 5.75. The van der Waals surface area contributed by atoms with Crippen LogP contribution in [0.2, 0.25) is 0 Å². The van der Waals surface area contributed by atoms with Crippen LogP contribution in [0, 0.1) is 0 Å². The van der Waals surface area contributed by atoms with Crippen LogP contribution >= 0.6 is 44.4 Å². The van der Waals surface area contributed by atoms with Crippen LogP contribution in [-0.2, 0) is 4.57 Å². The maximum absolute atomic E-state index is 12.9. The Morgan fingerprint density at radius 3 is 0.765 bits per heavy atom. The van der Waals surface area contributed by atoms with Crippen molar-refractivity contribution in [2.75, 3.05) is 0 Å². The average molecular weight is 331 g/mol. The van der Waals surface area contributed by atoms with E-state index in [1.54, 1.807) is 41.5 Å². The highest BCUT2D eigenvalue weighted by atomic mass is 35.5. The predicted molar refractivity (Wildman–Crippen MR) is 84.1 cm³/mol. The smallest absolute Gasteiger partial charge is 0.142 e. The van der Waals surface area contributed by atoms with Gasteiger partial charge in [-0.3, -0.25) is 0 Å². The molecular formula is C9H27Cl3N3OP. The molecule has 0 heterocycles. The molecule has 17 heavy (non-hydrogen) atoms. The summed E-state index contributed by atoms with van der Waals surface area (Å²) in [6.07, 6.45) is 0. The van der Waals surface area contributed by atoms with E-state index >= 15 is 0 Å². The quantitative estimate of drug-likeness (QED) is 0.693. The summed E-state index contributed by atoms with van der Waals surface area (Å²) in [5, 5.41) is -2.61. The molecule has 110 valence electrons. The van der Waals surface area contributed by atoms with Gasteiger partial charge in [-0.15, -0.1) is 37.2 Å². The fourth-order valence-electron chi connectivity index (χ4n) is 2.23. The zero-order chi connectivity index (χ0) is 12.0. The van der Waals surface area contributed by atoms with E-state index in [-0.39, 0.29) is 37.2 Å². The van der Waals surface area contributed by atoms with Crippen molar-refractivity contribution in [2.24, 2.45) is 17.2 Å². The second-order valence-electron chi connectivity index (χ2n) is 5.57. The number of hydrogen-bond acceptors (Lipinski definition) is 4. The highest BCUT2D eigenvalue weighted by Crippen LogP contribution is 2.69. The summed E-state index contributed by atoms with van der Waals surface area (Å²) in [6.45, 7) is 10.3. The van der Waals surface area contributed by atoms with E-state index in [9.17, 15) is 4.57 Å². The monoisotopic (exact) mass is 329 g/mol. The van der Waals surface area contributed by atoms with Gasteiger partial charge in [0.05, 0.1) is 15.8 Å². The Labute approximate surface area is 123 Å². The molecule has 0 aromatic heterocycles. The van der Waals surface area contributed by atoms with Gasteiger partial charge >= 0.3 is 0 Å². The molecule has 0 atom stereocenters. The highest BCUT2D eigenvalue weighted by Gasteiger charge is 2.55. The van der Waals surface area contributed by atoms with Crippen LogP contribution in [0.15, 0.2) is 0 Å². The molecule has 0 fully saturated rings. The van der Waals surface area contributed by atoms with Crippen molar-refractivity contribution in [3.05, 3.63) is 0 Å². The van der Waals surface area contributed by atoms with E-state index in [2.05, 4.69) is 0 Å². The molecule has 0 spiro atoms. The van der Waals surface area contributed by atoms with E-state index in [0.717, 1.165) is 0 Å². The largest absolute Gasteiger partial charge is 0.319 e. The van der Waals surface area contributed by atoms with Crippen molar-refractivity contribution < 1.29 is 4.57 Å². The van der Waals surface area contributed by atoms with Gasteiger partial charge in [-0.05, 0) is 41.5 Å². The minimum Gasteiger partial charge on any atom is -0.319 e. The van der Waals surface area contributed by atoms with Crippen molar-refractivity contribution in [1.29, 1.82) is 0 Å². The summed E-state index contributed by atoms with van der Waals surface area (Å²) < 4.78 is 12.9. The first-order valence-corrected chi connectivity index (χ1v) is 6.43. The van der Waals surface area contributed by atoms with Crippen LogP contribution in [-0.4, -0.2) is 15.8 Å². The minimum atomic E-state index is -2.94. The van der Waals surface area contributed by atoms with Gasteiger partial charge in [0.2, 0.25) is 0 Å². The number of rotatable bonds is 3. The van der Waals surface area contributed by atoms with Crippen LogP contribution < -0.4 is 17.2 Å². The minimum absolute atomic E-state index is 0. The Morgan fingerprint density at radius 2 is 0.765 bits per heavy atom. The molecule has 8 heteroatoms. The summed E-state index contributed by atoms with van der Waals surface area (Å²) >= 11 is 0. The summed E-state index contributed by atoms with van der Waals surface area (Å²) in [5.41, 5.74) is 17.9. The molecule has 0 rings (SSSR count). The van der Waals surface area contributed by atoms with Gasteiger partial charge in [-0.1, -0.05) is 0 Å². The van der Waals surface area contributed by atoms with Gasteiger partial charge in [0.15, 0.2) is 0 Å². The molecule has 0 aliphatic rings. The third kappa shape index (κ3) is 4.87. The zero-order valence-electron chi connectivity index (χ0n) is 11.3. The first-order valence-electron chi connectivity index (χ1n) is 4.72. The Hall–Kier alpha value is 0.980. The first kappa shape index (κ1) is 26.5. The van der Waals surface area contributed by atoms with E-state index in [4.69, 9.17) is 17.2 Å². The van der Waals surface area contributed by atoms with Crippen molar-refractivity contribution in [2.45, 2.75) is 57.4 Å². The average Bonchev–Trinajstić information content (AvgIpc) is 1.77. The maximum atomic E-state index is 12.9. The van der Waals surface area contributed by atoms with Crippen LogP contribution in [0.25, 0.3) is 0 Å². The maximum Gasteiger partial charge on any atom is 0.142 e. The lowest BCUT2D eigenvalue weighted by molar-refractivity contribution is 0.469. The molecule has 6 N–H and O–H groups in total. The molecule has 0 aromatic rings. The Bertz CT molecular complexity index is 223. The predicted octanol–water partition coefficient (Wildman–Crippen LogP) is 2.70. The molecule has 0 aliphatic carbocycles. The second-order valence-corrected chi connectivity index (χ2v) is 10.2. The number of hydrogen-bond donors (Lipinski definition) is 3. The fraction of sp³-hybridized carbons (Fsp3) is 1.00. The fourth-order valence-corrected chi connectivity index (χ4v) is 6.68. The number of nitrogens with two attached hydrogens (primary N) is 3. The van der Waals surface area contributed by atoms with Crippen molar-refractivity contribution in [1.82, 2.24) is 0 Å². The van der Waals surface area contributed by atoms with Gasteiger partial charge < -0.3 is 21.8 Å². The Balaban J connectivity index is -0.000000282. The SMILES string of the molecule is CC(C)(N)P(=O)(C(C)(C)N)C(C)(C)N.Cl.Cl.Cl. The summed E-state index contributed by atoms with van der Waals surface area (Å²) in [7, 11) is -2.94.